The fourth-order valence-corrected chi connectivity index (χ4v) is 1.26. The lowest BCUT2D eigenvalue weighted by molar-refractivity contribution is 0.576. The molecule has 0 radical (unpaired) electrons. The SMILES string of the molecule is CCCNCCc1cc(F)ccc1F. The van der Waals surface area contributed by atoms with Crippen LogP contribution in [-0.4, -0.2) is 13.1 Å². The number of benzene rings is 1. The van der Waals surface area contributed by atoms with Crippen LogP contribution in [0.4, 0.5) is 8.78 Å². The van der Waals surface area contributed by atoms with Gasteiger partial charge in [-0.25, -0.2) is 8.78 Å². The van der Waals surface area contributed by atoms with Crippen molar-refractivity contribution in [3.8, 4) is 0 Å². The predicted molar refractivity (Wildman–Crippen MR) is 53.2 cm³/mol. The number of nitrogens with one attached hydrogen (secondary N) is 1. The third kappa shape index (κ3) is 3.42. The molecule has 0 saturated carbocycles. The van der Waals surface area contributed by atoms with Gasteiger partial charge >= 0.3 is 0 Å². The molecule has 1 aromatic rings. The van der Waals surface area contributed by atoms with E-state index in [0.717, 1.165) is 19.0 Å². The van der Waals surface area contributed by atoms with Gasteiger partial charge < -0.3 is 5.32 Å². The summed E-state index contributed by atoms with van der Waals surface area (Å²) in [5, 5.41) is 3.14. The number of halogens is 2. The molecule has 0 fully saturated rings. The van der Waals surface area contributed by atoms with Gasteiger partial charge in [0, 0.05) is 0 Å². The van der Waals surface area contributed by atoms with Crippen LogP contribution in [0.15, 0.2) is 18.2 Å². The van der Waals surface area contributed by atoms with E-state index in [1.807, 2.05) is 0 Å². The summed E-state index contributed by atoms with van der Waals surface area (Å²) in [6.07, 6.45) is 1.58. The second-order valence-corrected chi connectivity index (χ2v) is 3.24. The molecular formula is C11H15F2N. The first kappa shape index (κ1) is 11.1. The van der Waals surface area contributed by atoms with E-state index in [2.05, 4.69) is 12.2 Å². The maximum Gasteiger partial charge on any atom is 0.126 e. The maximum atomic E-state index is 13.1. The molecule has 0 unspecified atom stereocenters. The van der Waals surface area contributed by atoms with E-state index in [-0.39, 0.29) is 11.6 Å². The Morgan fingerprint density at radius 3 is 2.71 bits per heavy atom. The first-order chi connectivity index (χ1) is 6.74. The Morgan fingerprint density at radius 2 is 2.00 bits per heavy atom. The van der Waals surface area contributed by atoms with Crippen LogP contribution in [-0.2, 0) is 6.42 Å². The molecule has 0 heterocycles. The Morgan fingerprint density at radius 1 is 1.21 bits per heavy atom. The van der Waals surface area contributed by atoms with Crippen LogP contribution in [0.2, 0.25) is 0 Å². The van der Waals surface area contributed by atoms with Crippen molar-refractivity contribution < 1.29 is 8.78 Å². The molecule has 1 nitrogen and oxygen atoms in total. The van der Waals surface area contributed by atoms with Gasteiger partial charge in [-0.05, 0) is 49.7 Å². The van der Waals surface area contributed by atoms with Gasteiger partial charge in [-0.2, -0.15) is 0 Å². The summed E-state index contributed by atoms with van der Waals surface area (Å²) in [5.41, 5.74) is 0.439. The molecule has 0 aliphatic carbocycles. The zero-order valence-corrected chi connectivity index (χ0v) is 8.32. The van der Waals surface area contributed by atoms with Crippen molar-refractivity contribution >= 4 is 0 Å². The molecule has 0 spiro atoms. The number of hydrogen-bond donors (Lipinski definition) is 1. The molecule has 1 rings (SSSR count). The Balaban J connectivity index is 2.45. The van der Waals surface area contributed by atoms with Gasteiger partial charge in [-0.1, -0.05) is 6.92 Å². The standard InChI is InChI=1S/C11H15F2N/c1-2-6-14-7-5-9-8-10(12)3-4-11(9)13/h3-4,8,14H,2,5-7H2,1H3. The molecule has 14 heavy (non-hydrogen) atoms. The molecule has 0 atom stereocenters. The zero-order chi connectivity index (χ0) is 10.4. The highest BCUT2D eigenvalue weighted by Gasteiger charge is 2.02. The van der Waals surface area contributed by atoms with Crippen LogP contribution in [0.1, 0.15) is 18.9 Å². The van der Waals surface area contributed by atoms with E-state index in [4.69, 9.17) is 0 Å². The van der Waals surface area contributed by atoms with Crippen molar-refractivity contribution in [2.75, 3.05) is 13.1 Å². The van der Waals surface area contributed by atoms with E-state index in [0.29, 0.717) is 18.5 Å². The third-order valence-electron chi connectivity index (χ3n) is 2.01. The Kier molecular flexibility index (Phi) is 4.53. The second-order valence-electron chi connectivity index (χ2n) is 3.24. The molecule has 0 bridgehead atoms. The monoisotopic (exact) mass is 199 g/mol. The van der Waals surface area contributed by atoms with Crippen LogP contribution in [0.3, 0.4) is 0 Å². The van der Waals surface area contributed by atoms with Crippen molar-refractivity contribution in [2.24, 2.45) is 0 Å². The highest BCUT2D eigenvalue weighted by atomic mass is 19.1. The Hall–Kier alpha value is -0.960. The molecule has 3 heteroatoms. The van der Waals surface area contributed by atoms with E-state index in [1.54, 1.807) is 0 Å². The summed E-state index contributed by atoms with van der Waals surface area (Å²) in [7, 11) is 0. The van der Waals surface area contributed by atoms with Crippen molar-refractivity contribution in [2.45, 2.75) is 19.8 Å². The van der Waals surface area contributed by atoms with Gasteiger partial charge in [0.25, 0.3) is 0 Å². The van der Waals surface area contributed by atoms with Crippen molar-refractivity contribution in [3.63, 3.8) is 0 Å². The van der Waals surface area contributed by atoms with Gasteiger partial charge in [0.1, 0.15) is 11.6 Å². The lowest BCUT2D eigenvalue weighted by Gasteiger charge is -2.04. The first-order valence-electron chi connectivity index (χ1n) is 4.88. The van der Waals surface area contributed by atoms with Gasteiger partial charge in [0.2, 0.25) is 0 Å². The van der Waals surface area contributed by atoms with Crippen LogP contribution in [0.25, 0.3) is 0 Å². The van der Waals surface area contributed by atoms with Crippen molar-refractivity contribution in [1.82, 2.24) is 5.32 Å². The highest BCUT2D eigenvalue weighted by molar-refractivity contribution is 5.18. The van der Waals surface area contributed by atoms with E-state index in [9.17, 15) is 8.78 Å². The molecule has 0 aromatic heterocycles. The Labute approximate surface area is 83.1 Å². The smallest absolute Gasteiger partial charge is 0.126 e. The fraction of sp³-hybridized carbons (Fsp3) is 0.455. The van der Waals surface area contributed by atoms with Crippen molar-refractivity contribution in [3.05, 3.63) is 35.4 Å². The quantitative estimate of drug-likeness (QED) is 0.718. The average molecular weight is 199 g/mol. The highest BCUT2D eigenvalue weighted by Crippen LogP contribution is 2.09. The largest absolute Gasteiger partial charge is 0.316 e. The minimum atomic E-state index is -0.378. The summed E-state index contributed by atoms with van der Waals surface area (Å²) in [6.45, 7) is 3.67. The van der Waals surface area contributed by atoms with Crippen LogP contribution in [0, 0.1) is 11.6 Å². The minimum absolute atomic E-state index is 0.329. The number of rotatable bonds is 5. The van der Waals surface area contributed by atoms with E-state index >= 15 is 0 Å². The second kappa shape index (κ2) is 5.70. The van der Waals surface area contributed by atoms with Crippen LogP contribution in [0.5, 0.6) is 0 Å². The van der Waals surface area contributed by atoms with Gasteiger partial charge in [0.05, 0.1) is 0 Å². The predicted octanol–water partition coefficient (Wildman–Crippen LogP) is 2.51. The van der Waals surface area contributed by atoms with Gasteiger partial charge in [-0.15, -0.1) is 0 Å². The first-order valence-corrected chi connectivity index (χ1v) is 4.88. The van der Waals surface area contributed by atoms with E-state index < -0.39 is 0 Å². The summed E-state index contributed by atoms with van der Waals surface area (Å²) in [4.78, 5) is 0. The van der Waals surface area contributed by atoms with Gasteiger partial charge in [-0.3, -0.25) is 0 Å². The van der Waals surface area contributed by atoms with Crippen LogP contribution < -0.4 is 5.32 Å². The molecule has 0 amide bonds. The molecule has 0 saturated heterocycles. The average Bonchev–Trinajstić information content (AvgIpc) is 2.18. The number of hydrogen-bond acceptors (Lipinski definition) is 1. The molecule has 0 aliphatic rings. The topological polar surface area (TPSA) is 12.0 Å². The van der Waals surface area contributed by atoms with Crippen molar-refractivity contribution in [1.29, 1.82) is 0 Å². The lowest BCUT2D eigenvalue weighted by Crippen LogP contribution is -2.18. The lowest BCUT2D eigenvalue weighted by atomic mass is 10.1. The van der Waals surface area contributed by atoms with E-state index in [1.165, 1.54) is 12.1 Å². The molecule has 1 N–H and O–H groups in total. The minimum Gasteiger partial charge on any atom is -0.316 e. The molecule has 1 aromatic carbocycles. The summed E-state index contributed by atoms with van der Waals surface area (Å²) >= 11 is 0. The Bertz CT molecular complexity index is 287. The molecule has 78 valence electrons. The zero-order valence-electron chi connectivity index (χ0n) is 8.32. The maximum absolute atomic E-state index is 13.1. The molecule has 0 aliphatic heterocycles. The summed E-state index contributed by atoms with van der Waals surface area (Å²) < 4.78 is 25.8. The van der Waals surface area contributed by atoms with Crippen LogP contribution >= 0.6 is 0 Å². The third-order valence-corrected chi connectivity index (χ3v) is 2.01. The fourth-order valence-electron chi connectivity index (χ4n) is 1.26. The summed E-state index contributed by atoms with van der Waals surface area (Å²) in [6, 6.07) is 3.56. The van der Waals surface area contributed by atoms with Gasteiger partial charge in [0.15, 0.2) is 0 Å². The normalized spacial score (nSPS) is 10.5. The summed E-state index contributed by atoms with van der Waals surface area (Å²) in [5.74, 6) is -0.707. The molecular weight excluding hydrogens is 184 g/mol.